The van der Waals surface area contributed by atoms with E-state index in [-0.39, 0.29) is 22.6 Å². The first-order valence-electron chi connectivity index (χ1n) is 13.4. The molecule has 1 N–H and O–H groups in total. The van der Waals surface area contributed by atoms with Gasteiger partial charge in [-0.3, -0.25) is 19.4 Å². The Balaban J connectivity index is 1.15. The van der Waals surface area contributed by atoms with Gasteiger partial charge in [-0.15, -0.1) is 0 Å². The Kier molecular flexibility index (Phi) is 6.57. The molecule has 38 heavy (non-hydrogen) atoms. The van der Waals surface area contributed by atoms with Crippen LogP contribution in [0.3, 0.4) is 0 Å². The molecular formula is C29H34FN5O3. The third kappa shape index (κ3) is 4.76. The maximum Gasteiger partial charge on any atom is 0.250 e. The fraction of sp³-hybridized carbons (Fsp3) is 0.448. The van der Waals surface area contributed by atoms with Gasteiger partial charge in [0.1, 0.15) is 5.82 Å². The van der Waals surface area contributed by atoms with Gasteiger partial charge in [0.2, 0.25) is 5.43 Å². The molecule has 2 atom stereocenters. The van der Waals surface area contributed by atoms with Gasteiger partial charge in [-0.2, -0.15) is 0 Å². The van der Waals surface area contributed by atoms with Crippen molar-refractivity contribution >= 4 is 5.69 Å². The molecule has 9 heteroatoms. The van der Waals surface area contributed by atoms with Crippen LogP contribution in [0.1, 0.15) is 29.4 Å². The summed E-state index contributed by atoms with van der Waals surface area (Å²) in [7, 11) is 1.93. The van der Waals surface area contributed by atoms with E-state index in [2.05, 4.69) is 20.8 Å². The van der Waals surface area contributed by atoms with Crippen LogP contribution in [0.4, 0.5) is 10.1 Å². The summed E-state index contributed by atoms with van der Waals surface area (Å²) < 4.78 is 17.2. The Morgan fingerprint density at radius 1 is 0.921 bits per heavy atom. The van der Waals surface area contributed by atoms with Crippen LogP contribution in [-0.2, 0) is 26.7 Å². The van der Waals surface area contributed by atoms with Crippen LogP contribution in [0.2, 0.25) is 0 Å². The van der Waals surface area contributed by atoms with E-state index in [1.165, 1.54) is 12.1 Å². The molecule has 2 bridgehead atoms. The van der Waals surface area contributed by atoms with Crippen LogP contribution in [0.5, 0.6) is 5.75 Å². The van der Waals surface area contributed by atoms with Crippen molar-refractivity contribution in [1.82, 2.24) is 18.9 Å². The summed E-state index contributed by atoms with van der Waals surface area (Å²) in [6.07, 6.45) is 1.09. The zero-order valence-corrected chi connectivity index (χ0v) is 21.7. The molecular weight excluding hydrogens is 485 g/mol. The van der Waals surface area contributed by atoms with Gasteiger partial charge in [-0.05, 0) is 42.7 Å². The van der Waals surface area contributed by atoms with E-state index >= 15 is 0 Å². The van der Waals surface area contributed by atoms with Crippen molar-refractivity contribution in [3.63, 3.8) is 0 Å². The summed E-state index contributed by atoms with van der Waals surface area (Å²) in [5, 5.41) is 10.7. The fourth-order valence-electron chi connectivity index (χ4n) is 6.51. The Morgan fingerprint density at radius 3 is 2.45 bits per heavy atom. The fourth-order valence-corrected chi connectivity index (χ4v) is 6.51. The zero-order valence-electron chi connectivity index (χ0n) is 21.7. The number of hydrogen-bond donors (Lipinski definition) is 1. The van der Waals surface area contributed by atoms with E-state index in [1.54, 1.807) is 24.3 Å². The number of aromatic hydroxyl groups is 1. The van der Waals surface area contributed by atoms with E-state index < -0.39 is 0 Å². The third-order valence-electron chi connectivity index (χ3n) is 8.52. The molecule has 5 heterocycles. The second kappa shape index (κ2) is 10.0. The predicted octanol–water partition coefficient (Wildman–Crippen LogP) is 2.33. The van der Waals surface area contributed by atoms with Crippen molar-refractivity contribution in [3.05, 3.63) is 92.0 Å². The van der Waals surface area contributed by atoms with E-state index in [9.17, 15) is 19.1 Å². The maximum atomic E-state index is 13.3. The molecule has 3 aromatic rings. The number of likely N-dealkylation sites (tertiary alicyclic amines) is 1. The largest absolute Gasteiger partial charge is 0.503 e. The summed E-state index contributed by atoms with van der Waals surface area (Å²) in [6.45, 7) is 6.73. The van der Waals surface area contributed by atoms with E-state index in [0.29, 0.717) is 30.6 Å². The molecule has 2 aromatic heterocycles. The highest BCUT2D eigenvalue weighted by atomic mass is 19.1. The lowest BCUT2D eigenvalue weighted by atomic mass is 9.83. The van der Waals surface area contributed by atoms with Gasteiger partial charge in [0, 0.05) is 101 Å². The number of fused-ring (bicyclic) bond motifs is 4. The van der Waals surface area contributed by atoms with Crippen molar-refractivity contribution in [1.29, 1.82) is 0 Å². The maximum absolute atomic E-state index is 13.3. The number of piperidine rings is 1. The zero-order chi connectivity index (χ0) is 26.4. The molecule has 0 spiro atoms. The van der Waals surface area contributed by atoms with Gasteiger partial charge in [0.25, 0.3) is 5.56 Å². The second-order valence-corrected chi connectivity index (χ2v) is 11.0. The number of aromatic nitrogens is 2. The second-order valence-electron chi connectivity index (χ2n) is 11.0. The van der Waals surface area contributed by atoms with Crippen molar-refractivity contribution in [2.45, 2.75) is 32.0 Å². The molecule has 3 aliphatic rings. The number of pyridine rings is 2. The number of piperazine rings is 1. The normalized spacial score (nSPS) is 21.9. The summed E-state index contributed by atoms with van der Waals surface area (Å²) >= 11 is 0. The Labute approximate surface area is 221 Å². The van der Waals surface area contributed by atoms with Gasteiger partial charge < -0.3 is 19.1 Å². The molecule has 2 saturated heterocycles. The number of benzene rings is 1. The van der Waals surface area contributed by atoms with Crippen LogP contribution >= 0.6 is 0 Å². The minimum Gasteiger partial charge on any atom is -0.503 e. The van der Waals surface area contributed by atoms with Crippen molar-refractivity contribution in [2.24, 2.45) is 13.0 Å². The summed E-state index contributed by atoms with van der Waals surface area (Å²) in [4.78, 5) is 32.0. The first-order valence-corrected chi connectivity index (χ1v) is 13.4. The molecule has 0 radical (unpaired) electrons. The molecule has 0 amide bonds. The average molecular weight is 520 g/mol. The Bertz CT molecular complexity index is 1440. The third-order valence-corrected chi connectivity index (χ3v) is 8.52. The van der Waals surface area contributed by atoms with Crippen LogP contribution in [0.15, 0.2) is 58.1 Å². The van der Waals surface area contributed by atoms with Crippen LogP contribution < -0.4 is 15.9 Å². The monoisotopic (exact) mass is 519 g/mol. The van der Waals surface area contributed by atoms with Gasteiger partial charge in [-0.1, -0.05) is 6.07 Å². The number of nitrogens with zero attached hydrogens (tertiary/aromatic N) is 5. The van der Waals surface area contributed by atoms with Crippen molar-refractivity contribution < 1.29 is 9.50 Å². The standard InChI is InChI=1S/C29H34FN5O3/c1-31-24(18-33-15-20-13-21(17-33)25-3-2-4-28(37)35(25)16-20)14-27(36)29(38)26(31)19-32-9-11-34(12-10-32)23-7-5-22(30)6-8-23/h2-8,14,20-21,38H,9-13,15-19H2,1H3. The smallest absolute Gasteiger partial charge is 0.250 e. The van der Waals surface area contributed by atoms with Crippen LogP contribution in [0.25, 0.3) is 0 Å². The number of hydrogen-bond acceptors (Lipinski definition) is 6. The van der Waals surface area contributed by atoms with Crippen molar-refractivity contribution in [3.8, 4) is 5.75 Å². The highest BCUT2D eigenvalue weighted by molar-refractivity contribution is 5.46. The molecule has 0 saturated carbocycles. The topological polar surface area (TPSA) is 73.9 Å². The molecule has 3 aliphatic heterocycles. The van der Waals surface area contributed by atoms with E-state index in [0.717, 1.165) is 69.3 Å². The Hall–Kier alpha value is -3.43. The van der Waals surface area contributed by atoms with Crippen LogP contribution in [-0.4, -0.2) is 63.3 Å². The van der Waals surface area contributed by atoms with Gasteiger partial charge in [0.15, 0.2) is 5.75 Å². The average Bonchev–Trinajstić information content (AvgIpc) is 2.91. The predicted molar refractivity (Wildman–Crippen MR) is 144 cm³/mol. The van der Waals surface area contributed by atoms with Gasteiger partial charge in [-0.25, -0.2) is 4.39 Å². The number of anilines is 1. The molecule has 2 unspecified atom stereocenters. The molecule has 6 rings (SSSR count). The number of halogens is 1. The summed E-state index contributed by atoms with van der Waals surface area (Å²) in [6, 6.07) is 13.7. The first-order chi connectivity index (χ1) is 18.4. The van der Waals surface area contributed by atoms with Crippen LogP contribution in [0, 0.1) is 11.7 Å². The number of rotatable bonds is 5. The van der Waals surface area contributed by atoms with Gasteiger partial charge in [0.05, 0.1) is 5.69 Å². The molecule has 1 aromatic carbocycles. The summed E-state index contributed by atoms with van der Waals surface area (Å²) in [5.41, 5.74) is 3.37. The molecule has 8 nitrogen and oxygen atoms in total. The highest BCUT2D eigenvalue weighted by Gasteiger charge is 2.34. The molecule has 2 fully saturated rings. The van der Waals surface area contributed by atoms with E-state index in [1.807, 2.05) is 22.2 Å². The highest BCUT2D eigenvalue weighted by Crippen LogP contribution is 2.35. The minimum absolute atomic E-state index is 0.0784. The summed E-state index contributed by atoms with van der Waals surface area (Å²) in [5.74, 6) is 0.299. The lowest BCUT2D eigenvalue weighted by Crippen LogP contribution is -2.47. The molecule has 0 aliphatic carbocycles. The first kappa shape index (κ1) is 24.9. The lowest BCUT2D eigenvalue weighted by Gasteiger charge is -2.43. The lowest BCUT2D eigenvalue weighted by molar-refractivity contribution is 0.112. The SMILES string of the molecule is Cn1c(CN2CC3CC(C2)c2cccc(=O)n2C3)cc(=O)c(O)c1CN1CCN(c2ccc(F)cc2)CC1. The van der Waals surface area contributed by atoms with E-state index in [4.69, 9.17) is 0 Å². The quantitative estimate of drug-likeness (QED) is 0.558. The van der Waals surface area contributed by atoms with Gasteiger partial charge >= 0.3 is 0 Å². The minimum atomic E-state index is -0.341. The molecule has 200 valence electrons. The Morgan fingerprint density at radius 2 is 1.68 bits per heavy atom. The van der Waals surface area contributed by atoms with Crippen molar-refractivity contribution in [2.75, 3.05) is 44.2 Å².